The third-order valence-electron chi connectivity index (χ3n) is 3.11. The van der Waals surface area contributed by atoms with Crippen molar-refractivity contribution in [3.05, 3.63) is 35.1 Å². The summed E-state index contributed by atoms with van der Waals surface area (Å²) in [7, 11) is 0. The minimum absolute atomic E-state index is 0.247. The standard InChI is InChI=1S/C13H14FN3O2/c14-11-4-9(6-15)3-10(5-11)8-17-2-1-16-7-12(17)13(18)19/h3-5,12,16H,1-2,7-8H2,(H,18,19). The first kappa shape index (κ1) is 13.5. The van der Waals surface area contributed by atoms with E-state index < -0.39 is 17.8 Å². The van der Waals surface area contributed by atoms with Gasteiger partial charge in [0.2, 0.25) is 0 Å². The molecule has 0 bridgehead atoms. The van der Waals surface area contributed by atoms with Crippen LogP contribution >= 0.6 is 0 Å². The molecule has 1 unspecified atom stereocenters. The van der Waals surface area contributed by atoms with E-state index in [1.165, 1.54) is 6.07 Å². The van der Waals surface area contributed by atoms with Gasteiger partial charge in [0, 0.05) is 26.2 Å². The van der Waals surface area contributed by atoms with Crippen molar-refractivity contribution in [2.24, 2.45) is 0 Å². The van der Waals surface area contributed by atoms with Crippen LogP contribution in [-0.2, 0) is 11.3 Å². The zero-order valence-electron chi connectivity index (χ0n) is 10.3. The summed E-state index contributed by atoms with van der Waals surface area (Å²) in [6, 6.07) is 5.35. The molecule has 1 aromatic carbocycles. The molecular formula is C13H14FN3O2. The molecule has 1 fully saturated rings. The van der Waals surface area contributed by atoms with Gasteiger partial charge < -0.3 is 10.4 Å². The monoisotopic (exact) mass is 263 g/mol. The molecule has 5 nitrogen and oxygen atoms in total. The Balaban J connectivity index is 2.17. The second-order valence-electron chi connectivity index (χ2n) is 4.49. The summed E-state index contributed by atoms with van der Waals surface area (Å²) in [5.41, 5.74) is 0.863. The molecule has 0 aliphatic carbocycles. The quantitative estimate of drug-likeness (QED) is 0.833. The summed E-state index contributed by atoms with van der Waals surface area (Å²) < 4.78 is 13.3. The van der Waals surface area contributed by atoms with Gasteiger partial charge in [-0.25, -0.2) is 4.39 Å². The predicted molar refractivity (Wildman–Crippen MR) is 65.8 cm³/mol. The Bertz CT molecular complexity index is 527. The van der Waals surface area contributed by atoms with Crippen LogP contribution in [0.4, 0.5) is 4.39 Å². The number of carbonyl (C=O) groups is 1. The number of nitrogens with one attached hydrogen (secondary N) is 1. The molecule has 6 heteroatoms. The average Bonchev–Trinajstić information content (AvgIpc) is 2.38. The van der Waals surface area contributed by atoms with E-state index in [0.717, 1.165) is 6.07 Å². The van der Waals surface area contributed by atoms with E-state index in [1.54, 1.807) is 11.0 Å². The summed E-state index contributed by atoms with van der Waals surface area (Å²) in [6.45, 7) is 1.97. The van der Waals surface area contributed by atoms with Crippen LogP contribution in [0.25, 0.3) is 0 Å². The number of halogens is 1. The number of aliphatic carboxylic acids is 1. The topological polar surface area (TPSA) is 76.4 Å². The number of nitriles is 1. The Labute approximate surface area is 110 Å². The highest BCUT2D eigenvalue weighted by Crippen LogP contribution is 2.14. The first-order valence-corrected chi connectivity index (χ1v) is 5.97. The highest BCUT2D eigenvalue weighted by Gasteiger charge is 2.28. The van der Waals surface area contributed by atoms with E-state index in [9.17, 15) is 9.18 Å². The maximum absolute atomic E-state index is 13.3. The molecular weight excluding hydrogens is 249 g/mol. The highest BCUT2D eigenvalue weighted by molar-refractivity contribution is 5.74. The lowest BCUT2D eigenvalue weighted by Gasteiger charge is -2.33. The van der Waals surface area contributed by atoms with Gasteiger partial charge in [0.1, 0.15) is 11.9 Å². The molecule has 0 aromatic heterocycles. The fourth-order valence-electron chi connectivity index (χ4n) is 2.22. The van der Waals surface area contributed by atoms with Crippen molar-refractivity contribution in [3.63, 3.8) is 0 Å². The van der Waals surface area contributed by atoms with Gasteiger partial charge in [0.25, 0.3) is 0 Å². The van der Waals surface area contributed by atoms with Crippen molar-refractivity contribution in [2.45, 2.75) is 12.6 Å². The van der Waals surface area contributed by atoms with E-state index >= 15 is 0 Å². The number of benzene rings is 1. The van der Waals surface area contributed by atoms with Crippen molar-refractivity contribution in [3.8, 4) is 6.07 Å². The Kier molecular flexibility index (Phi) is 4.10. The molecule has 1 atom stereocenters. The number of hydrogen-bond donors (Lipinski definition) is 2. The zero-order chi connectivity index (χ0) is 13.8. The van der Waals surface area contributed by atoms with Gasteiger partial charge in [-0.15, -0.1) is 0 Å². The van der Waals surface area contributed by atoms with Gasteiger partial charge in [0.15, 0.2) is 0 Å². The number of hydrogen-bond acceptors (Lipinski definition) is 4. The van der Waals surface area contributed by atoms with Crippen molar-refractivity contribution in [2.75, 3.05) is 19.6 Å². The lowest BCUT2D eigenvalue weighted by molar-refractivity contribution is -0.144. The maximum atomic E-state index is 13.3. The number of carboxylic acids is 1. The third-order valence-corrected chi connectivity index (χ3v) is 3.11. The van der Waals surface area contributed by atoms with Crippen LogP contribution in [0.2, 0.25) is 0 Å². The molecule has 1 aromatic rings. The second-order valence-corrected chi connectivity index (χ2v) is 4.49. The molecule has 1 aliphatic rings. The molecule has 2 N–H and O–H groups in total. The third kappa shape index (κ3) is 3.28. The van der Waals surface area contributed by atoms with Crippen LogP contribution in [-0.4, -0.2) is 41.7 Å². The van der Waals surface area contributed by atoms with E-state index in [2.05, 4.69) is 5.32 Å². The molecule has 0 spiro atoms. The van der Waals surface area contributed by atoms with Gasteiger partial charge in [-0.3, -0.25) is 9.69 Å². The fourth-order valence-corrected chi connectivity index (χ4v) is 2.22. The molecule has 0 radical (unpaired) electrons. The largest absolute Gasteiger partial charge is 0.480 e. The van der Waals surface area contributed by atoms with Gasteiger partial charge in [-0.2, -0.15) is 5.26 Å². The predicted octanol–water partition coefficient (Wildman–Crippen LogP) is 0.556. The number of rotatable bonds is 3. The molecule has 19 heavy (non-hydrogen) atoms. The molecule has 0 saturated carbocycles. The summed E-state index contributed by atoms with van der Waals surface area (Å²) in [5.74, 6) is -1.37. The van der Waals surface area contributed by atoms with E-state index in [1.807, 2.05) is 6.07 Å². The summed E-state index contributed by atoms with van der Waals surface area (Å²) in [6.07, 6.45) is 0. The Morgan fingerprint density at radius 2 is 2.37 bits per heavy atom. The summed E-state index contributed by atoms with van der Waals surface area (Å²) in [5, 5.41) is 20.9. The molecule has 1 heterocycles. The minimum Gasteiger partial charge on any atom is -0.480 e. The van der Waals surface area contributed by atoms with Crippen molar-refractivity contribution in [1.82, 2.24) is 10.2 Å². The van der Waals surface area contributed by atoms with Crippen LogP contribution in [0, 0.1) is 17.1 Å². The highest BCUT2D eigenvalue weighted by atomic mass is 19.1. The van der Waals surface area contributed by atoms with Gasteiger partial charge in [0.05, 0.1) is 11.6 Å². The van der Waals surface area contributed by atoms with Gasteiger partial charge in [-0.05, 0) is 23.8 Å². The van der Waals surface area contributed by atoms with E-state index in [4.69, 9.17) is 10.4 Å². The number of piperazine rings is 1. The summed E-state index contributed by atoms with van der Waals surface area (Å²) >= 11 is 0. The van der Waals surface area contributed by atoms with Crippen LogP contribution in [0.15, 0.2) is 18.2 Å². The number of carboxylic acid groups (broad SMARTS) is 1. The molecule has 2 rings (SSSR count). The number of nitrogens with zero attached hydrogens (tertiary/aromatic N) is 2. The van der Waals surface area contributed by atoms with Crippen LogP contribution in [0.5, 0.6) is 0 Å². The first-order valence-electron chi connectivity index (χ1n) is 5.97. The Morgan fingerprint density at radius 1 is 1.58 bits per heavy atom. The second kappa shape index (κ2) is 5.78. The van der Waals surface area contributed by atoms with Crippen molar-refractivity contribution < 1.29 is 14.3 Å². The fraction of sp³-hybridized carbons (Fsp3) is 0.385. The Hall–Kier alpha value is -1.97. The van der Waals surface area contributed by atoms with E-state index in [0.29, 0.717) is 31.7 Å². The molecule has 1 aliphatic heterocycles. The van der Waals surface area contributed by atoms with Crippen molar-refractivity contribution >= 4 is 5.97 Å². The smallest absolute Gasteiger partial charge is 0.322 e. The van der Waals surface area contributed by atoms with Crippen LogP contribution in [0.1, 0.15) is 11.1 Å². The SMILES string of the molecule is N#Cc1cc(F)cc(CN2CCNCC2C(=O)O)c1. The summed E-state index contributed by atoms with van der Waals surface area (Å²) in [4.78, 5) is 12.9. The Morgan fingerprint density at radius 3 is 3.05 bits per heavy atom. The zero-order valence-corrected chi connectivity index (χ0v) is 10.3. The molecule has 100 valence electrons. The first-order chi connectivity index (χ1) is 9.10. The van der Waals surface area contributed by atoms with E-state index in [-0.39, 0.29) is 5.56 Å². The maximum Gasteiger partial charge on any atom is 0.322 e. The lowest BCUT2D eigenvalue weighted by Crippen LogP contribution is -2.54. The van der Waals surface area contributed by atoms with Crippen molar-refractivity contribution in [1.29, 1.82) is 5.26 Å². The van der Waals surface area contributed by atoms with Gasteiger partial charge in [-0.1, -0.05) is 0 Å². The average molecular weight is 263 g/mol. The molecule has 0 amide bonds. The van der Waals surface area contributed by atoms with Gasteiger partial charge >= 0.3 is 5.97 Å². The molecule has 1 saturated heterocycles. The van der Waals surface area contributed by atoms with Crippen LogP contribution < -0.4 is 5.32 Å². The van der Waals surface area contributed by atoms with Crippen LogP contribution in [0.3, 0.4) is 0 Å². The normalized spacial score (nSPS) is 19.9. The lowest BCUT2D eigenvalue weighted by atomic mass is 10.1. The minimum atomic E-state index is -0.899.